The van der Waals surface area contributed by atoms with Gasteiger partial charge in [0.1, 0.15) is 5.75 Å². The van der Waals surface area contributed by atoms with Crippen molar-refractivity contribution in [2.75, 3.05) is 10.0 Å². The van der Waals surface area contributed by atoms with Crippen molar-refractivity contribution in [2.45, 2.75) is 38.7 Å². The van der Waals surface area contributed by atoms with Gasteiger partial charge in [-0.1, -0.05) is 29.8 Å². The van der Waals surface area contributed by atoms with E-state index in [1.807, 2.05) is 45.0 Å². The number of aryl methyl sites for hydroxylation is 3. The first-order chi connectivity index (χ1) is 14.6. The number of hydrogen-bond donors (Lipinski definition) is 2. The fourth-order valence-corrected chi connectivity index (χ4v) is 4.11. The third-order valence-electron chi connectivity index (χ3n) is 4.71. The molecule has 1 amide bonds. The van der Waals surface area contributed by atoms with Gasteiger partial charge >= 0.3 is 0 Å². The van der Waals surface area contributed by atoms with E-state index in [1.165, 1.54) is 12.1 Å². The molecule has 0 fully saturated rings. The number of nitrogens with one attached hydrogen (secondary N) is 2. The average molecular weight is 439 g/mol. The van der Waals surface area contributed by atoms with Crippen molar-refractivity contribution in [3.63, 3.8) is 0 Å². The smallest absolute Gasteiger partial charge is 0.265 e. The number of sulfonamides is 1. The largest absolute Gasteiger partial charge is 0.481 e. The van der Waals surface area contributed by atoms with E-state index < -0.39 is 16.1 Å². The second-order valence-electron chi connectivity index (χ2n) is 7.52. The topological polar surface area (TPSA) is 84.5 Å². The Morgan fingerprint density at radius 3 is 2.19 bits per heavy atom. The highest BCUT2D eigenvalue weighted by atomic mass is 32.2. The Labute approximate surface area is 183 Å². The van der Waals surface area contributed by atoms with Crippen molar-refractivity contribution in [1.82, 2.24) is 0 Å². The fraction of sp³-hybridized carbons (Fsp3) is 0.208. The molecule has 1 atom stereocenters. The monoisotopic (exact) mass is 438 g/mol. The molecule has 2 N–H and O–H groups in total. The normalized spacial score (nSPS) is 12.1. The van der Waals surface area contributed by atoms with Gasteiger partial charge in [-0.15, -0.1) is 0 Å². The van der Waals surface area contributed by atoms with Crippen LogP contribution in [0.5, 0.6) is 5.75 Å². The van der Waals surface area contributed by atoms with E-state index in [4.69, 9.17) is 4.74 Å². The highest BCUT2D eigenvalue weighted by Gasteiger charge is 2.18. The van der Waals surface area contributed by atoms with Gasteiger partial charge in [0.15, 0.2) is 6.10 Å². The Bertz CT molecular complexity index is 1190. The quantitative estimate of drug-likeness (QED) is 0.554. The van der Waals surface area contributed by atoms with Gasteiger partial charge in [0.2, 0.25) is 0 Å². The number of ether oxygens (including phenoxy) is 1. The van der Waals surface area contributed by atoms with Gasteiger partial charge in [-0.25, -0.2) is 8.42 Å². The lowest BCUT2D eigenvalue weighted by Gasteiger charge is -2.17. The molecule has 6 nitrogen and oxygen atoms in total. The predicted octanol–water partition coefficient (Wildman–Crippen LogP) is 4.82. The van der Waals surface area contributed by atoms with Crippen LogP contribution in [-0.4, -0.2) is 20.4 Å². The maximum Gasteiger partial charge on any atom is 0.265 e. The summed E-state index contributed by atoms with van der Waals surface area (Å²) in [6.45, 7) is 7.48. The summed E-state index contributed by atoms with van der Waals surface area (Å²) in [5.41, 5.74) is 4.00. The lowest BCUT2D eigenvalue weighted by atomic mass is 10.1. The van der Waals surface area contributed by atoms with Crippen LogP contribution in [0.2, 0.25) is 0 Å². The van der Waals surface area contributed by atoms with Crippen molar-refractivity contribution < 1.29 is 17.9 Å². The van der Waals surface area contributed by atoms with E-state index in [2.05, 4.69) is 10.0 Å². The van der Waals surface area contributed by atoms with Crippen molar-refractivity contribution in [1.29, 1.82) is 0 Å². The van der Waals surface area contributed by atoms with Crippen molar-refractivity contribution >= 4 is 27.3 Å². The van der Waals surface area contributed by atoms with Gasteiger partial charge in [-0.3, -0.25) is 9.52 Å². The van der Waals surface area contributed by atoms with Crippen LogP contribution in [0.25, 0.3) is 0 Å². The first-order valence-electron chi connectivity index (χ1n) is 9.88. The summed E-state index contributed by atoms with van der Waals surface area (Å²) in [6, 6.07) is 18.9. The minimum atomic E-state index is -3.73. The van der Waals surface area contributed by atoms with Gasteiger partial charge in [0, 0.05) is 11.4 Å². The Hall–Kier alpha value is -3.32. The molecule has 0 saturated carbocycles. The molecule has 0 aliphatic rings. The fourth-order valence-electron chi connectivity index (χ4n) is 3.06. The van der Waals surface area contributed by atoms with E-state index in [1.54, 1.807) is 37.3 Å². The first-order valence-corrected chi connectivity index (χ1v) is 11.4. The molecule has 0 saturated heterocycles. The molecule has 0 aliphatic heterocycles. The number of carbonyl (C=O) groups excluding carboxylic acids is 1. The number of benzene rings is 3. The Morgan fingerprint density at radius 2 is 1.55 bits per heavy atom. The van der Waals surface area contributed by atoms with Crippen LogP contribution in [-0.2, 0) is 14.8 Å². The molecule has 3 rings (SSSR count). The van der Waals surface area contributed by atoms with Gasteiger partial charge < -0.3 is 10.1 Å². The zero-order valence-corrected chi connectivity index (χ0v) is 18.8. The van der Waals surface area contributed by atoms with Gasteiger partial charge in [0.05, 0.1) is 4.90 Å². The summed E-state index contributed by atoms with van der Waals surface area (Å²) < 4.78 is 33.5. The summed E-state index contributed by atoms with van der Waals surface area (Å²) in [6.07, 6.45) is -0.715. The highest BCUT2D eigenvalue weighted by molar-refractivity contribution is 7.92. The first kappa shape index (κ1) is 22.4. The molecule has 31 heavy (non-hydrogen) atoms. The van der Waals surface area contributed by atoms with Crippen LogP contribution < -0.4 is 14.8 Å². The Balaban J connectivity index is 1.64. The molecule has 0 heterocycles. The Kier molecular flexibility index (Phi) is 6.65. The SMILES string of the molecule is Cc1cccc(NS(=O)(=O)c2ccc(NC(=O)[C@H](C)Oc3ccc(C)cc3C)cc2)c1. The molecular weight excluding hydrogens is 412 g/mol. The van der Waals surface area contributed by atoms with Crippen LogP contribution in [0.4, 0.5) is 11.4 Å². The second-order valence-corrected chi connectivity index (χ2v) is 9.20. The molecule has 0 radical (unpaired) electrons. The summed E-state index contributed by atoms with van der Waals surface area (Å²) in [4.78, 5) is 12.6. The number of anilines is 2. The van der Waals surface area contributed by atoms with Crippen LogP contribution in [0.15, 0.2) is 71.6 Å². The van der Waals surface area contributed by atoms with Crippen molar-refractivity contribution in [3.8, 4) is 5.75 Å². The molecule has 0 spiro atoms. The summed E-state index contributed by atoms with van der Waals surface area (Å²) in [5, 5.41) is 2.75. The second kappa shape index (κ2) is 9.22. The van der Waals surface area contributed by atoms with Crippen molar-refractivity contribution in [3.05, 3.63) is 83.4 Å². The zero-order valence-electron chi connectivity index (χ0n) is 18.0. The van der Waals surface area contributed by atoms with Crippen LogP contribution in [0, 0.1) is 20.8 Å². The van der Waals surface area contributed by atoms with E-state index in [-0.39, 0.29) is 10.8 Å². The maximum absolute atomic E-state index is 12.6. The predicted molar refractivity (Wildman–Crippen MR) is 123 cm³/mol. The molecule has 7 heteroatoms. The average Bonchev–Trinajstić information content (AvgIpc) is 2.70. The highest BCUT2D eigenvalue weighted by Crippen LogP contribution is 2.22. The molecule has 3 aromatic rings. The van der Waals surface area contributed by atoms with Gasteiger partial charge in [-0.05, 0) is 81.3 Å². The summed E-state index contributed by atoms with van der Waals surface area (Å²) in [7, 11) is -3.73. The van der Waals surface area contributed by atoms with Gasteiger partial charge in [-0.2, -0.15) is 0 Å². The summed E-state index contributed by atoms with van der Waals surface area (Å²) in [5.74, 6) is 0.324. The lowest BCUT2D eigenvalue weighted by Crippen LogP contribution is -2.30. The minimum absolute atomic E-state index is 0.103. The number of hydrogen-bond acceptors (Lipinski definition) is 4. The molecule has 0 unspecified atom stereocenters. The molecule has 162 valence electrons. The van der Waals surface area contributed by atoms with Crippen LogP contribution >= 0.6 is 0 Å². The van der Waals surface area contributed by atoms with E-state index in [9.17, 15) is 13.2 Å². The zero-order chi connectivity index (χ0) is 22.6. The maximum atomic E-state index is 12.6. The third-order valence-corrected chi connectivity index (χ3v) is 6.10. The molecule has 0 aliphatic carbocycles. The minimum Gasteiger partial charge on any atom is -0.481 e. The molecule has 0 bridgehead atoms. The van der Waals surface area contributed by atoms with Crippen LogP contribution in [0.3, 0.4) is 0 Å². The van der Waals surface area contributed by atoms with E-state index in [0.29, 0.717) is 17.1 Å². The standard InChI is InChI=1S/C24H26N2O4S/c1-16-6-5-7-21(15-16)26-31(28,29)22-11-9-20(10-12-22)25-24(27)19(4)30-23-13-8-17(2)14-18(23)3/h5-15,19,26H,1-4H3,(H,25,27)/t19-/m0/s1. The molecule has 0 aromatic heterocycles. The lowest BCUT2D eigenvalue weighted by molar-refractivity contribution is -0.122. The van der Waals surface area contributed by atoms with Crippen molar-refractivity contribution in [2.24, 2.45) is 0 Å². The van der Waals surface area contributed by atoms with E-state index >= 15 is 0 Å². The number of rotatable bonds is 7. The summed E-state index contributed by atoms with van der Waals surface area (Å²) >= 11 is 0. The molecule has 3 aromatic carbocycles. The molecular formula is C24H26N2O4S. The van der Waals surface area contributed by atoms with Crippen LogP contribution in [0.1, 0.15) is 23.6 Å². The van der Waals surface area contributed by atoms with E-state index in [0.717, 1.165) is 16.7 Å². The van der Waals surface area contributed by atoms with Gasteiger partial charge in [0.25, 0.3) is 15.9 Å². The number of carbonyl (C=O) groups is 1. The number of amides is 1. The Morgan fingerprint density at radius 1 is 0.871 bits per heavy atom. The third kappa shape index (κ3) is 5.86.